The highest BCUT2D eigenvalue weighted by Gasteiger charge is 1.97. The van der Waals surface area contributed by atoms with Gasteiger partial charge in [-0.25, -0.2) is 4.98 Å². The number of aromatic nitrogens is 1. The van der Waals surface area contributed by atoms with Crippen LogP contribution in [0.15, 0.2) is 30.5 Å². The van der Waals surface area contributed by atoms with Crippen LogP contribution in [0.1, 0.15) is 5.69 Å². The molecule has 0 spiro atoms. The standard InChI is InChI=1S/C10H5ClN2/c11-9-2-1-7-4-10(5-12)13-6-8(7)3-9/h1-4,6H. The van der Waals surface area contributed by atoms with E-state index in [1.807, 2.05) is 18.2 Å². The predicted octanol–water partition coefficient (Wildman–Crippen LogP) is 2.76. The summed E-state index contributed by atoms with van der Waals surface area (Å²) in [6.07, 6.45) is 1.65. The van der Waals surface area contributed by atoms with Crippen LogP contribution >= 0.6 is 11.6 Å². The summed E-state index contributed by atoms with van der Waals surface area (Å²) in [4.78, 5) is 3.95. The van der Waals surface area contributed by atoms with Crippen molar-refractivity contribution in [2.45, 2.75) is 0 Å². The average molecular weight is 189 g/mol. The van der Waals surface area contributed by atoms with E-state index < -0.39 is 0 Å². The number of halogens is 1. The van der Waals surface area contributed by atoms with Gasteiger partial charge in [0.15, 0.2) is 0 Å². The Morgan fingerprint density at radius 2 is 2.08 bits per heavy atom. The summed E-state index contributed by atoms with van der Waals surface area (Å²) in [7, 11) is 0. The van der Waals surface area contributed by atoms with Crippen molar-refractivity contribution in [3.8, 4) is 6.07 Å². The quantitative estimate of drug-likeness (QED) is 0.638. The van der Waals surface area contributed by atoms with Crippen molar-refractivity contribution < 1.29 is 0 Å². The van der Waals surface area contributed by atoms with Crippen LogP contribution in [0.2, 0.25) is 5.02 Å². The Labute approximate surface area is 80.4 Å². The summed E-state index contributed by atoms with van der Waals surface area (Å²) >= 11 is 5.80. The molecule has 1 aromatic carbocycles. The summed E-state index contributed by atoms with van der Waals surface area (Å²) in [5.74, 6) is 0. The van der Waals surface area contributed by atoms with Gasteiger partial charge in [-0.2, -0.15) is 5.26 Å². The van der Waals surface area contributed by atoms with E-state index in [0.717, 1.165) is 10.8 Å². The highest BCUT2D eigenvalue weighted by Crippen LogP contribution is 2.18. The lowest BCUT2D eigenvalue weighted by molar-refractivity contribution is 1.29. The van der Waals surface area contributed by atoms with Gasteiger partial charge in [0.05, 0.1) is 0 Å². The van der Waals surface area contributed by atoms with Gasteiger partial charge in [0, 0.05) is 16.6 Å². The molecule has 0 aliphatic rings. The summed E-state index contributed by atoms with van der Waals surface area (Å²) in [6, 6.07) is 9.23. The summed E-state index contributed by atoms with van der Waals surface area (Å²) in [5, 5.41) is 11.2. The number of rotatable bonds is 0. The SMILES string of the molecule is N#Cc1cc2ccc(Cl)cc2cn1. The lowest BCUT2D eigenvalue weighted by atomic mass is 10.1. The van der Waals surface area contributed by atoms with Crippen LogP contribution in [0, 0.1) is 11.3 Å². The molecule has 3 heteroatoms. The largest absolute Gasteiger partial charge is 0.245 e. The van der Waals surface area contributed by atoms with Crippen molar-refractivity contribution >= 4 is 22.4 Å². The monoisotopic (exact) mass is 188 g/mol. The third-order valence-corrected chi connectivity index (χ3v) is 2.03. The van der Waals surface area contributed by atoms with E-state index in [9.17, 15) is 0 Å². The van der Waals surface area contributed by atoms with E-state index in [0.29, 0.717) is 10.7 Å². The van der Waals surface area contributed by atoms with Gasteiger partial charge < -0.3 is 0 Å². The fourth-order valence-corrected chi connectivity index (χ4v) is 1.35. The molecule has 0 atom stereocenters. The minimum Gasteiger partial charge on any atom is -0.245 e. The molecule has 0 saturated heterocycles. The second kappa shape index (κ2) is 3.04. The van der Waals surface area contributed by atoms with Gasteiger partial charge in [-0.05, 0) is 23.6 Å². The molecule has 0 N–H and O–H groups in total. The first-order chi connectivity index (χ1) is 6.29. The van der Waals surface area contributed by atoms with Crippen molar-refractivity contribution in [2.75, 3.05) is 0 Å². The van der Waals surface area contributed by atoms with E-state index in [1.165, 1.54) is 0 Å². The third-order valence-electron chi connectivity index (χ3n) is 1.80. The van der Waals surface area contributed by atoms with Crippen molar-refractivity contribution in [3.05, 3.63) is 41.2 Å². The zero-order valence-electron chi connectivity index (χ0n) is 6.66. The average Bonchev–Trinajstić information content (AvgIpc) is 2.17. The molecule has 0 saturated carbocycles. The topological polar surface area (TPSA) is 36.7 Å². The zero-order chi connectivity index (χ0) is 9.26. The fourth-order valence-electron chi connectivity index (χ4n) is 1.17. The second-order valence-corrected chi connectivity index (χ2v) is 3.11. The van der Waals surface area contributed by atoms with Crippen molar-refractivity contribution in [1.82, 2.24) is 4.98 Å². The van der Waals surface area contributed by atoms with Gasteiger partial charge in [-0.1, -0.05) is 17.7 Å². The Balaban J connectivity index is 2.75. The van der Waals surface area contributed by atoms with Gasteiger partial charge in [0.2, 0.25) is 0 Å². The number of hydrogen-bond acceptors (Lipinski definition) is 2. The smallest absolute Gasteiger partial charge is 0.141 e. The molecule has 0 radical (unpaired) electrons. The molecule has 2 rings (SSSR count). The van der Waals surface area contributed by atoms with E-state index in [1.54, 1.807) is 18.3 Å². The van der Waals surface area contributed by atoms with Crippen LogP contribution in [0.5, 0.6) is 0 Å². The first-order valence-corrected chi connectivity index (χ1v) is 4.13. The number of benzene rings is 1. The molecule has 62 valence electrons. The van der Waals surface area contributed by atoms with E-state index in [4.69, 9.17) is 16.9 Å². The number of fused-ring (bicyclic) bond motifs is 1. The molecule has 2 nitrogen and oxygen atoms in total. The Morgan fingerprint density at radius 3 is 2.85 bits per heavy atom. The molecule has 0 bridgehead atoms. The first kappa shape index (κ1) is 8.03. The van der Waals surface area contributed by atoms with Crippen molar-refractivity contribution in [2.24, 2.45) is 0 Å². The summed E-state index contributed by atoms with van der Waals surface area (Å²) < 4.78 is 0. The summed E-state index contributed by atoms with van der Waals surface area (Å²) in [5.41, 5.74) is 0.426. The maximum absolute atomic E-state index is 8.61. The van der Waals surface area contributed by atoms with E-state index in [-0.39, 0.29) is 0 Å². The minimum atomic E-state index is 0.426. The van der Waals surface area contributed by atoms with Crippen LogP contribution in [0.25, 0.3) is 10.8 Å². The van der Waals surface area contributed by atoms with Crippen LogP contribution in [-0.2, 0) is 0 Å². The maximum Gasteiger partial charge on any atom is 0.141 e. The number of pyridine rings is 1. The predicted molar refractivity (Wildman–Crippen MR) is 51.5 cm³/mol. The highest BCUT2D eigenvalue weighted by molar-refractivity contribution is 6.31. The molecule has 1 heterocycles. The normalized spacial score (nSPS) is 9.85. The van der Waals surface area contributed by atoms with E-state index in [2.05, 4.69) is 4.98 Å². The van der Waals surface area contributed by atoms with Gasteiger partial charge >= 0.3 is 0 Å². The molecule has 1 aromatic heterocycles. The van der Waals surface area contributed by atoms with Gasteiger partial charge in [-0.15, -0.1) is 0 Å². The molecule has 0 amide bonds. The molecule has 2 aromatic rings. The molecule has 0 fully saturated rings. The molecule has 0 aliphatic heterocycles. The van der Waals surface area contributed by atoms with Gasteiger partial charge in [0.1, 0.15) is 11.8 Å². The van der Waals surface area contributed by atoms with Gasteiger partial charge in [-0.3, -0.25) is 0 Å². The van der Waals surface area contributed by atoms with Crippen molar-refractivity contribution in [3.63, 3.8) is 0 Å². The second-order valence-electron chi connectivity index (χ2n) is 2.67. The number of nitriles is 1. The van der Waals surface area contributed by atoms with Crippen LogP contribution in [0.4, 0.5) is 0 Å². The maximum atomic E-state index is 8.61. The number of nitrogens with zero attached hydrogens (tertiary/aromatic N) is 2. The van der Waals surface area contributed by atoms with Crippen LogP contribution in [-0.4, -0.2) is 4.98 Å². The Morgan fingerprint density at radius 1 is 1.23 bits per heavy atom. The number of hydrogen-bond donors (Lipinski definition) is 0. The van der Waals surface area contributed by atoms with Gasteiger partial charge in [0.25, 0.3) is 0 Å². The molecule has 0 aliphatic carbocycles. The molecular weight excluding hydrogens is 184 g/mol. The van der Waals surface area contributed by atoms with E-state index >= 15 is 0 Å². The van der Waals surface area contributed by atoms with Crippen LogP contribution in [0.3, 0.4) is 0 Å². The fraction of sp³-hybridized carbons (Fsp3) is 0. The Hall–Kier alpha value is -1.59. The Bertz CT molecular complexity index is 500. The zero-order valence-corrected chi connectivity index (χ0v) is 7.42. The molecule has 13 heavy (non-hydrogen) atoms. The molecular formula is C10H5ClN2. The van der Waals surface area contributed by atoms with Crippen molar-refractivity contribution in [1.29, 1.82) is 5.26 Å². The highest BCUT2D eigenvalue weighted by atomic mass is 35.5. The Kier molecular flexibility index (Phi) is 1.88. The lowest BCUT2D eigenvalue weighted by Gasteiger charge is -1.97. The molecule has 0 unspecified atom stereocenters. The lowest BCUT2D eigenvalue weighted by Crippen LogP contribution is -1.81. The van der Waals surface area contributed by atoms with Crippen LogP contribution < -0.4 is 0 Å². The minimum absolute atomic E-state index is 0.426. The first-order valence-electron chi connectivity index (χ1n) is 3.75. The third kappa shape index (κ3) is 1.47. The summed E-state index contributed by atoms with van der Waals surface area (Å²) in [6.45, 7) is 0.